The molecule has 1 aromatic heterocycles. The SMILES string of the molecule is CC(C)(C)c1ccc(-c2ncc(C(C)(C)N)s2)cc1. The minimum absolute atomic E-state index is 0.186. The number of aromatic nitrogens is 1. The van der Waals surface area contributed by atoms with E-state index in [-0.39, 0.29) is 11.0 Å². The van der Waals surface area contributed by atoms with Crippen LogP contribution in [0.3, 0.4) is 0 Å². The number of rotatable bonds is 2. The summed E-state index contributed by atoms with van der Waals surface area (Å²) in [5.74, 6) is 0. The van der Waals surface area contributed by atoms with Gasteiger partial charge in [-0.15, -0.1) is 11.3 Å². The second-order valence-corrected chi connectivity index (χ2v) is 7.61. The zero-order chi connectivity index (χ0) is 14.3. The topological polar surface area (TPSA) is 38.9 Å². The summed E-state index contributed by atoms with van der Waals surface area (Å²) in [4.78, 5) is 5.60. The van der Waals surface area contributed by atoms with Crippen molar-refractivity contribution in [3.8, 4) is 10.6 Å². The second kappa shape index (κ2) is 4.73. The number of hydrogen-bond donors (Lipinski definition) is 1. The Balaban J connectivity index is 2.31. The Morgan fingerprint density at radius 2 is 1.58 bits per heavy atom. The molecule has 0 aliphatic heterocycles. The van der Waals surface area contributed by atoms with Gasteiger partial charge in [0.2, 0.25) is 0 Å². The lowest BCUT2D eigenvalue weighted by Crippen LogP contribution is -2.27. The summed E-state index contributed by atoms with van der Waals surface area (Å²) >= 11 is 1.67. The molecule has 0 atom stereocenters. The molecule has 0 saturated heterocycles. The van der Waals surface area contributed by atoms with Gasteiger partial charge in [0.05, 0.1) is 0 Å². The van der Waals surface area contributed by atoms with Crippen LogP contribution in [-0.4, -0.2) is 4.98 Å². The Kier molecular flexibility index (Phi) is 3.54. The maximum Gasteiger partial charge on any atom is 0.123 e. The molecule has 2 rings (SSSR count). The van der Waals surface area contributed by atoms with E-state index < -0.39 is 0 Å². The van der Waals surface area contributed by atoms with Gasteiger partial charge in [-0.3, -0.25) is 0 Å². The molecule has 0 fully saturated rings. The van der Waals surface area contributed by atoms with Gasteiger partial charge in [0.25, 0.3) is 0 Å². The van der Waals surface area contributed by atoms with Crippen molar-refractivity contribution in [3.63, 3.8) is 0 Å². The van der Waals surface area contributed by atoms with Crippen LogP contribution < -0.4 is 5.73 Å². The Hall–Kier alpha value is -1.19. The van der Waals surface area contributed by atoms with Crippen molar-refractivity contribution in [3.05, 3.63) is 40.9 Å². The molecule has 1 heterocycles. The fraction of sp³-hybridized carbons (Fsp3) is 0.438. The van der Waals surface area contributed by atoms with Crippen molar-refractivity contribution in [2.24, 2.45) is 5.73 Å². The third-order valence-electron chi connectivity index (χ3n) is 3.14. The lowest BCUT2D eigenvalue weighted by molar-refractivity contribution is 0.566. The Morgan fingerprint density at radius 3 is 2.00 bits per heavy atom. The van der Waals surface area contributed by atoms with Gasteiger partial charge >= 0.3 is 0 Å². The second-order valence-electron chi connectivity index (χ2n) is 6.58. The summed E-state index contributed by atoms with van der Waals surface area (Å²) in [6, 6.07) is 8.66. The monoisotopic (exact) mass is 274 g/mol. The fourth-order valence-electron chi connectivity index (χ4n) is 1.82. The summed E-state index contributed by atoms with van der Waals surface area (Å²) in [5, 5.41) is 1.04. The first-order valence-electron chi connectivity index (χ1n) is 6.54. The summed E-state index contributed by atoms with van der Waals surface area (Å²) in [7, 11) is 0. The van der Waals surface area contributed by atoms with Crippen LogP contribution in [0.1, 0.15) is 45.1 Å². The van der Waals surface area contributed by atoms with E-state index in [4.69, 9.17) is 5.73 Å². The van der Waals surface area contributed by atoms with E-state index in [9.17, 15) is 0 Å². The van der Waals surface area contributed by atoms with E-state index in [0.717, 1.165) is 15.4 Å². The highest BCUT2D eigenvalue weighted by Gasteiger charge is 2.18. The minimum atomic E-state index is -0.318. The maximum absolute atomic E-state index is 6.10. The minimum Gasteiger partial charge on any atom is -0.321 e. The van der Waals surface area contributed by atoms with E-state index in [1.165, 1.54) is 5.56 Å². The smallest absolute Gasteiger partial charge is 0.123 e. The molecule has 0 spiro atoms. The van der Waals surface area contributed by atoms with Crippen molar-refractivity contribution in [1.29, 1.82) is 0 Å². The van der Waals surface area contributed by atoms with Crippen LogP contribution in [0.15, 0.2) is 30.5 Å². The van der Waals surface area contributed by atoms with Crippen molar-refractivity contribution in [2.75, 3.05) is 0 Å². The van der Waals surface area contributed by atoms with E-state index >= 15 is 0 Å². The zero-order valence-corrected chi connectivity index (χ0v) is 13.1. The number of nitrogens with two attached hydrogens (primary N) is 1. The van der Waals surface area contributed by atoms with Crippen molar-refractivity contribution in [1.82, 2.24) is 4.98 Å². The Bertz CT molecular complexity index is 554. The summed E-state index contributed by atoms with van der Waals surface area (Å²) < 4.78 is 0. The molecule has 0 unspecified atom stereocenters. The quantitative estimate of drug-likeness (QED) is 0.886. The molecule has 0 aliphatic carbocycles. The average Bonchev–Trinajstić information content (AvgIpc) is 2.77. The Labute approximate surface area is 119 Å². The summed E-state index contributed by atoms with van der Waals surface area (Å²) in [6.45, 7) is 10.7. The fourth-order valence-corrected chi connectivity index (χ4v) is 2.75. The molecule has 0 bridgehead atoms. The van der Waals surface area contributed by atoms with Crippen LogP contribution in [0.2, 0.25) is 0 Å². The molecule has 3 heteroatoms. The highest BCUT2D eigenvalue weighted by Crippen LogP contribution is 2.31. The lowest BCUT2D eigenvalue weighted by atomic mass is 9.87. The van der Waals surface area contributed by atoms with E-state index in [1.54, 1.807) is 11.3 Å². The van der Waals surface area contributed by atoms with Crippen LogP contribution in [-0.2, 0) is 11.0 Å². The molecule has 102 valence electrons. The lowest BCUT2D eigenvalue weighted by Gasteiger charge is -2.18. The van der Waals surface area contributed by atoms with Crippen molar-refractivity contribution < 1.29 is 0 Å². The normalized spacial score (nSPS) is 12.7. The van der Waals surface area contributed by atoms with Gasteiger partial charge in [0.15, 0.2) is 0 Å². The highest BCUT2D eigenvalue weighted by atomic mass is 32.1. The van der Waals surface area contributed by atoms with Crippen LogP contribution in [0, 0.1) is 0 Å². The summed E-state index contributed by atoms with van der Waals surface area (Å²) in [5.41, 5.74) is 8.47. The van der Waals surface area contributed by atoms with Gasteiger partial charge in [-0.2, -0.15) is 0 Å². The van der Waals surface area contributed by atoms with E-state index in [2.05, 4.69) is 50.0 Å². The predicted octanol–water partition coefficient (Wildman–Crippen LogP) is 4.30. The van der Waals surface area contributed by atoms with E-state index in [0.29, 0.717) is 0 Å². The summed E-state index contributed by atoms with van der Waals surface area (Å²) in [6.07, 6.45) is 1.89. The van der Waals surface area contributed by atoms with Gasteiger partial charge in [-0.25, -0.2) is 4.98 Å². The third-order valence-corrected chi connectivity index (χ3v) is 4.52. The largest absolute Gasteiger partial charge is 0.321 e. The van der Waals surface area contributed by atoms with E-state index in [1.807, 2.05) is 20.0 Å². The van der Waals surface area contributed by atoms with Crippen LogP contribution in [0.25, 0.3) is 10.6 Å². The van der Waals surface area contributed by atoms with Gasteiger partial charge in [0, 0.05) is 22.2 Å². The predicted molar refractivity (Wildman–Crippen MR) is 83.5 cm³/mol. The first-order valence-corrected chi connectivity index (χ1v) is 7.36. The highest BCUT2D eigenvalue weighted by molar-refractivity contribution is 7.15. The maximum atomic E-state index is 6.10. The average molecular weight is 274 g/mol. The number of thiazole rings is 1. The van der Waals surface area contributed by atoms with Gasteiger partial charge in [-0.1, -0.05) is 45.0 Å². The molecule has 0 radical (unpaired) electrons. The molecule has 2 N–H and O–H groups in total. The molecule has 2 nitrogen and oxygen atoms in total. The molecular weight excluding hydrogens is 252 g/mol. The van der Waals surface area contributed by atoms with Gasteiger partial charge in [0.1, 0.15) is 5.01 Å². The molecule has 19 heavy (non-hydrogen) atoms. The van der Waals surface area contributed by atoms with Crippen LogP contribution >= 0.6 is 11.3 Å². The zero-order valence-electron chi connectivity index (χ0n) is 12.3. The first-order chi connectivity index (χ1) is 8.68. The molecule has 1 aromatic carbocycles. The molecule has 2 aromatic rings. The van der Waals surface area contributed by atoms with Gasteiger partial charge in [-0.05, 0) is 24.8 Å². The first kappa shape index (κ1) is 14.2. The molecule has 0 amide bonds. The Morgan fingerprint density at radius 1 is 1.00 bits per heavy atom. The number of nitrogens with zero attached hydrogens (tertiary/aromatic N) is 1. The number of hydrogen-bond acceptors (Lipinski definition) is 3. The number of benzene rings is 1. The van der Waals surface area contributed by atoms with Crippen LogP contribution in [0.4, 0.5) is 0 Å². The van der Waals surface area contributed by atoms with Crippen molar-refractivity contribution >= 4 is 11.3 Å². The van der Waals surface area contributed by atoms with Gasteiger partial charge < -0.3 is 5.73 Å². The standard InChI is InChI=1S/C16H22N2S/c1-15(2,3)12-8-6-11(7-9-12)14-18-10-13(19-14)16(4,5)17/h6-10H,17H2,1-5H3. The molecule has 0 saturated carbocycles. The third kappa shape index (κ3) is 3.23. The van der Waals surface area contributed by atoms with Crippen LogP contribution in [0.5, 0.6) is 0 Å². The molecular formula is C16H22N2S. The molecule has 0 aliphatic rings. The van der Waals surface area contributed by atoms with Crippen molar-refractivity contribution in [2.45, 2.75) is 45.6 Å².